The highest BCUT2D eigenvalue weighted by molar-refractivity contribution is 6.22. The minimum Gasteiger partial charge on any atom is -0.491 e. The van der Waals surface area contributed by atoms with Crippen LogP contribution >= 0.6 is 0 Å². The van der Waals surface area contributed by atoms with Crippen molar-refractivity contribution in [2.24, 2.45) is 10.7 Å². The van der Waals surface area contributed by atoms with E-state index in [4.69, 9.17) is 15.9 Å². The second kappa shape index (κ2) is 8.17. The third-order valence-corrected chi connectivity index (χ3v) is 3.32. The molecule has 0 bridgehead atoms. The third kappa shape index (κ3) is 4.58. The number of rotatable bonds is 7. The van der Waals surface area contributed by atoms with Crippen molar-refractivity contribution in [3.05, 3.63) is 53.9 Å². The zero-order chi connectivity index (χ0) is 15.8. The van der Waals surface area contributed by atoms with E-state index in [0.29, 0.717) is 29.5 Å². The van der Waals surface area contributed by atoms with Gasteiger partial charge in [0.05, 0.1) is 29.4 Å². The van der Waals surface area contributed by atoms with Crippen molar-refractivity contribution in [1.29, 1.82) is 5.41 Å². The van der Waals surface area contributed by atoms with E-state index < -0.39 is 0 Å². The van der Waals surface area contributed by atoms with Gasteiger partial charge < -0.3 is 10.5 Å². The average Bonchev–Trinajstić information content (AvgIpc) is 2.52. The van der Waals surface area contributed by atoms with Crippen LogP contribution in [0, 0.1) is 11.5 Å². The number of hydrogen-bond acceptors (Lipinski definition) is 4. The molecule has 0 unspecified atom stereocenters. The molecule has 0 aliphatic heterocycles. The summed E-state index contributed by atoms with van der Waals surface area (Å²) in [6.07, 6.45) is 7.89. The Bertz CT molecular complexity index is 600. The number of hydrogen-bond donors (Lipinski definition) is 2. The van der Waals surface area contributed by atoms with Gasteiger partial charge in [-0.3, -0.25) is 5.41 Å². The van der Waals surface area contributed by atoms with Gasteiger partial charge in [0, 0.05) is 6.08 Å². The summed E-state index contributed by atoms with van der Waals surface area (Å²) in [4.78, 5) is 4.48. The van der Waals surface area contributed by atoms with Gasteiger partial charge in [-0.1, -0.05) is 38.3 Å². The van der Waals surface area contributed by atoms with E-state index >= 15 is 0 Å². The summed E-state index contributed by atoms with van der Waals surface area (Å²) in [5.41, 5.74) is 8.13. The summed E-state index contributed by atoms with van der Waals surface area (Å²) < 4.78 is 5.71. The van der Waals surface area contributed by atoms with Crippen molar-refractivity contribution in [2.75, 3.05) is 6.61 Å². The molecule has 0 saturated carbocycles. The van der Waals surface area contributed by atoms with Gasteiger partial charge in [-0.2, -0.15) is 0 Å². The average molecular weight is 296 g/mol. The fraction of sp³-hybridized carbons (Fsp3) is 0.333. The standard InChI is InChI=1S/C18H22N3O/c1-2-3-4-8-11-22-18-13-17(15(19)12-16(18)20)21-14-9-6-5-7-10-14/h5-6,9-10,12-13,20H,2-4,8,11,19H2,1H3. The molecule has 1 aliphatic rings. The topological polar surface area (TPSA) is 71.5 Å². The van der Waals surface area contributed by atoms with E-state index in [-0.39, 0.29) is 0 Å². The smallest absolute Gasteiger partial charge is 0.146 e. The first-order valence-electron chi connectivity index (χ1n) is 7.66. The summed E-state index contributed by atoms with van der Waals surface area (Å²) in [7, 11) is 0. The van der Waals surface area contributed by atoms with Gasteiger partial charge in [0.1, 0.15) is 5.76 Å². The largest absolute Gasteiger partial charge is 0.491 e. The molecule has 0 aromatic heterocycles. The lowest BCUT2D eigenvalue weighted by atomic mass is 10.1. The first-order chi connectivity index (χ1) is 10.7. The van der Waals surface area contributed by atoms with E-state index in [1.165, 1.54) is 12.8 Å². The molecule has 0 atom stereocenters. The molecular weight excluding hydrogens is 274 g/mol. The Hall–Kier alpha value is -2.36. The van der Waals surface area contributed by atoms with Gasteiger partial charge in [0.15, 0.2) is 0 Å². The minimum atomic E-state index is 0.298. The maximum Gasteiger partial charge on any atom is 0.146 e. The van der Waals surface area contributed by atoms with Gasteiger partial charge >= 0.3 is 0 Å². The lowest BCUT2D eigenvalue weighted by Gasteiger charge is -2.15. The van der Waals surface area contributed by atoms with Crippen LogP contribution in [0.5, 0.6) is 0 Å². The predicted octanol–water partition coefficient (Wildman–Crippen LogP) is 3.92. The van der Waals surface area contributed by atoms with E-state index in [9.17, 15) is 0 Å². The van der Waals surface area contributed by atoms with Crippen molar-refractivity contribution < 1.29 is 4.74 Å². The van der Waals surface area contributed by atoms with Gasteiger partial charge in [0.2, 0.25) is 0 Å². The Labute approximate surface area is 131 Å². The first-order valence-corrected chi connectivity index (χ1v) is 7.66. The van der Waals surface area contributed by atoms with Crippen LogP contribution in [0.2, 0.25) is 0 Å². The Morgan fingerprint density at radius 2 is 2.14 bits per heavy atom. The Morgan fingerprint density at radius 3 is 2.86 bits per heavy atom. The van der Waals surface area contributed by atoms with E-state index in [1.54, 1.807) is 18.2 Å². The maximum atomic E-state index is 7.95. The number of nitrogens with one attached hydrogen (secondary N) is 1. The molecule has 1 radical (unpaired) electrons. The fourth-order valence-electron chi connectivity index (χ4n) is 2.11. The molecule has 0 saturated heterocycles. The normalized spacial score (nSPS) is 16.4. The highest BCUT2D eigenvalue weighted by Gasteiger charge is 2.15. The molecule has 0 spiro atoms. The van der Waals surface area contributed by atoms with Crippen molar-refractivity contribution >= 4 is 17.1 Å². The first kappa shape index (κ1) is 16.0. The number of unbranched alkanes of at least 4 members (excludes halogenated alkanes) is 3. The van der Waals surface area contributed by atoms with E-state index in [0.717, 1.165) is 18.5 Å². The summed E-state index contributed by atoms with van der Waals surface area (Å²) >= 11 is 0. The van der Waals surface area contributed by atoms with Gasteiger partial charge in [-0.25, -0.2) is 4.99 Å². The molecule has 22 heavy (non-hydrogen) atoms. The van der Waals surface area contributed by atoms with Crippen molar-refractivity contribution in [1.82, 2.24) is 0 Å². The number of aliphatic imine (C=N–C) groups is 1. The molecular formula is C18H22N3O. The van der Waals surface area contributed by atoms with E-state index in [2.05, 4.69) is 18.0 Å². The van der Waals surface area contributed by atoms with Crippen LogP contribution in [0.4, 0.5) is 5.69 Å². The fourth-order valence-corrected chi connectivity index (χ4v) is 2.11. The number of nitrogens with two attached hydrogens (primary N) is 1. The zero-order valence-electron chi connectivity index (χ0n) is 12.9. The number of nitrogens with zero attached hydrogens (tertiary/aromatic N) is 1. The zero-order valence-corrected chi connectivity index (χ0v) is 12.9. The molecule has 0 fully saturated rings. The molecule has 1 aromatic rings. The van der Waals surface area contributed by atoms with Crippen molar-refractivity contribution in [3.63, 3.8) is 0 Å². The maximum absolute atomic E-state index is 7.95. The van der Waals surface area contributed by atoms with Crippen LogP contribution in [-0.4, -0.2) is 18.0 Å². The molecule has 4 heteroatoms. The van der Waals surface area contributed by atoms with Gasteiger partial charge in [0.25, 0.3) is 0 Å². The van der Waals surface area contributed by atoms with Gasteiger partial charge in [-0.05, 0) is 30.7 Å². The quantitative estimate of drug-likeness (QED) is 0.591. The second-order valence-electron chi connectivity index (χ2n) is 5.19. The van der Waals surface area contributed by atoms with Crippen LogP contribution in [0.1, 0.15) is 32.6 Å². The summed E-state index contributed by atoms with van der Waals surface area (Å²) in [5, 5.41) is 7.95. The number of allylic oxidation sites excluding steroid dienone is 2. The lowest BCUT2D eigenvalue weighted by Crippen LogP contribution is -2.19. The number of benzene rings is 1. The molecule has 1 aromatic carbocycles. The summed E-state index contributed by atoms with van der Waals surface area (Å²) in [6.45, 7) is 2.80. The van der Waals surface area contributed by atoms with Crippen LogP contribution < -0.4 is 5.73 Å². The SMILES string of the molecule is CCCCCCOC1=CC(=Nc2c[c]ccc2)C(N)=CC1=N. The molecule has 3 N–H and O–H groups in total. The lowest BCUT2D eigenvalue weighted by molar-refractivity contribution is 0.223. The molecule has 0 amide bonds. The molecule has 0 heterocycles. The monoisotopic (exact) mass is 296 g/mol. The van der Waals surface area contributed by atoms with Crippen LogP contribution in [-0.2, 0) is 4.74 Å². The Balaban J connectivity index is 2.05. The summed E-state index contributed by atoms with van der Waals surface area (Å²) in [6, 6.07) is 10.3. The summed E-state index contributed by atoms with van der Waals surface area (Å²) in [5.74, 6) is 0.532. The van der Waals surface area contributed by atoms with Crippen LogP contribution in [0.25, 0.3) is 0 Å². The van der Waals surface area contributed by atoms with Crippen molar-refractivity contribution in [2.45, 2.75) is 32.6 Å². The molecule has 4 nitrogen and oxygen atoms in total. The minimum absolute atomic E-state index is 0.298. The third-order valence-electron chi connectivity index (χ3n) is 3.32. The molecule has 1 aliphatic carbocycles. The van der Waals surface area contributed by atoms with Crippen LogP contribution in [0.15, 0.2) is 52.9 Å². The number of ether oxygens (including phenoxy) is 1. The molecule has 2 rings (SSSR count). The second-order valence-corrected chi connectivity index (χ2v) is 5.19. The van der Waals surface area contributed by atoms with Crippen LogP contribution in [0.3, 0.4) is 0 Å². The molecule has 115 valence electrons. The highest BCUT2D eigenvalue weighted by Crippen LogP contribution is 2.17. The predicted molar refractivity (Wildman–Crippen MR) is 90.5 cm³/mol. The highest BCUT2D eigenvalue weighted by atomic mass is 16.5. The van der Waals surface area contributed by atoms with Gasteiger partial charge in [-0.15, -0.1) is 0 Å². The Kier molecular flexibility index (Phi) is 5.95. The Morgan fingerprint density at radius 1 is 1.27 bits per heavy atom. The van der Waals surface area contributed by atoms with Crippen molar-refractivity contribution in [3.8, 4) is 0 Å². The van der Waals surface area contributed by atoms with E-state index in [1.807, 2.05) is 18.2 Å².